The van der Waals surface area contributed by atoms with Crippen LogP contribution in [-0.4, -0.2) is 57.4 Å². The number of ether oxygens (including phenoxy) is 1. The normalized spacial score (nSPS) is 17.2. The van der Waals surface area contributed by atoms with Gasteiger partial charge >= 0.3 is 6.09 Å². The van der Waals surface area contributed by atoms with Gasteiger partial charge in [0.15, 0.2) is 5.82 Å². The Kier molecular flexibility index (Phi) is 7.78. The number of nitrogens with zero attached hydrogens (tertiary/aromatic N) is 4. The minimum absolute atomic E-state index is 0.0108. The average Bonchev–Trinajstić information content (AvgIpc) is 3.34. The van der Waals surface area contributed by atoms with Gasteiger partial charge in [-0.15, -0.1) is 0 Å². The smallest absolute Gasteiger partial charge is 0.413 e. The fourth-order valence-corrected chi connectivity index (χ4v) is 4.92. The van der Waals surface area contributed by atoms with Crippen LogP contribution in [0, 0.1) is 5.92 Å². The zero-order chi connectivity index (χ0) is 29.1. The number of carbonyl (C=O) groups excluding carboxylic acids is 2. The first-order valence-corrected chi connectivity index (χ1v) is 13.8. The van der Waals surface area contributed by atoms with E-state index in [1.54, 1.807) is 27.8 Å². The molecule has 1 aliphatic rings. The van der Waals surface area contributed by atoms with Crippen LogP contribution in [0.5, 0.6) is 0 Å². The van der Waals surface area contributed by atoms with E-state index in [1.165, 1.54) is 0 Å². The summed E-state index contributed by atoms with van der Waals surface area (Å²) in [5.41, 5.74) is 2.50. The molecule has 2 aromatic heterocycles. The second kappa shape index (κ2) is 11.4. The monoisotopic (exact) mass is 556 g/mol. The molecular weight excluding hydrogens is 520 g/mol. The number of piperidine rings is 1. The molecule has 4 N–H and O–H groups in total. The fraction of sp³-hybridized carbons (Fsp3) is 0.367. The highest BCUT2D eigenvalue weighted by atomic mass is 16.6. The van der Waals surface area contributed by atoms with Gasteiger partial charge < -0.3 is 20.3 Å². The van der Waals surface area contributed by atoms with E-state index in [0.717, 1.165) is 46.5 Å². The Labute approximate surface area is 239 Å². The van der Waals surface area contributed by atoms with Crippen LogP contribution in [-0.2, 0) is 9.53 Å². The Morgan fingerprint density at radius 2 is 1.80 bits per heavy atom. The van der Waals surface area contributed by atoms with Crippen LogP contribution >= 0.6 is 0 Å². The van der Waals surface area contributed by atoms with Gasteiger partial charge in [-0.25, -0.2) is 9.78 Å². The third kappa shape index (κ3) is 6.56. The standard InChI is InChI=1S/C30H36N8O3/c1-18-11-12-20(27(39)32-21-9-7-6-8-10-21)17-38(18)25-16-23(33-28(31-5)34-25)19-13-14-22-24(15-19)36-37-26(22)35-29(40)41-30(2,3)4/h6-10,13-16,18,20H,11-12,17H2,1-5H3,(H,32,39)(H,31,33,34)(H2,35,36,37,40). The molecule has 5 rings (SSSR count). The summed E-state index contributed by atoms with van der Waals surface area (Å²) in [6, 6.07) is 17.4. The summed E-state index contributed by atoms with van der Waals surface area (Å²) >= 11 is 0. The molecule has 0 saturated carbocycles. The van der Waals surface area contributed by atoms with E-state index in [2.05, 4.69) is 38.0 Å². The van der Waals surface area contributed by atoms with E-state index in [1.807, 2.05) is 54.6 Å². The molecule has 0 radical (unpaired) electrons. The number of fused-ring (bicyclic) bond motifs is 1. The SMILES string of the molecule is CNc1nc(-c2ccc3c(NC(=O)OC(C)(C)C)n[nH]c3c2)cc(N2CC(C(=O)Nc3ccccc3)CCC2C)n1. The number of aromatic amines is 1. The molecule has 0 aliphatic carbocycles. The van der Waals surface area contributed by atoms with E-state index in [-0.39, 0.29) is 17.9 Å². The van der Waals surface area contributed by atoms with E-state index in [4.69, 9.17) is 14.7 Å². The van der Waals surface area contributed by atoms with Gasteiger partial charge in [-0.05, 0) is 64.8 Å². The largest absolute Gasteiger partial charge is 0.444 e. The molecule has 214 valence electrons. The van der Waals surface area contributed by atoms with Crippen molar-refractivity contribution in [3.05, 3.63) is 54.6 Å². The van der Waals surface area contributed by atoms with Crippen molar-refractivity contribution in [1.29, 1.82) is 0 Å². The van der Waals surface area contributed by atoms with Crippen molar-refractivity contribution in [2.75, 3.05) is 34.4 Å². The topological polar surface area (TPSA) is 137 Å². The number of hydrogen-bond donors (Lipinski definition) is 4. The Bertz CT molecular complexity index is 1550. The van der Waals surface area contributed by atoms with Crippen LogP contribution in [0.4, 0.5) is 28.1 Å². The Morgan fingerprint density at radius 3 is 2.54 bits per heavy atom. The van der Waals surface area contributed by atoms with Crippen molar-refractivity contribution in [2.45, 2.75) is 52.2 Å². The molecule has 2 amide bonds. The molecule has 2 atom stereocenters. The molecule has 11 nitrogen and oxygen atoms in total. The maximum absolute atomic E-state index is 13.1. The maximum atomic E-state index is 13.1. The summed E-state index contributed by atoms with van der Waals surface area (Å²) in [7, 11) is 1.78. The molecule has 2 aromatic carbocycles. The lowest BCUT2D eigenvalue weighted by Gasteiger charge is -2.38. The number of benzene rings is 2. The predicted molar refractivity (Wildman–Crippen MR) is 161 cm³/mol. The Balaban J connectivity index is 1.38. The number of aromatic nitrogens is 4. The van der Waals surface area contributed by atoms with E-state index >= 15 is 0 Å². The molecule has 11 heteroatoms. The summed E-state index contributed by atoms with van der Waals surface area (Å²) in [5.74, 6) is 1.47. The summed E-state index contributed by atoms with van der Waals surface area (Å²) in [6.45, 7) is 8.13. The van der Waals surface area contributed by atoms with Gasteiger partial charge in [0.2, 0.25) is 11.9 Å². The zero-order valence-electron chi connectivity index (χ0n) is 24.0. The van der Waals surface area contributed by atoms with Crippen molar-refractivity contribution >= 4 is 46.2 Å². The van der Waals surface area contributed by atoms with Crippen LogP contribution in [0.25, 0.3) is 22.2 Å². The molecule has 1 aliphatic heterocycles. The summed E-state index contributed by atoms with van der Waals surface area (Å²) in [4.78, 5) is 37.0. The van der Waals surface area contributed by atoms with Crippen molar-refractivity contribution in [1.82, 2.24) is 20.2 Å². The van der Waals surface area contributed by atoms with Gasteiger partial charge in [0.05, 0.1) is 17.1 Å². The van der Waals surface area contributed by atoms with Crippen molar-refractivity contribution in [3.63, 3.8) is 0 Å². The highest BCUT2D eigenvalue weighted by Crippen LogP contribution is 2.32. The fourth-order valence-electron chi connectivity index (χ4n) is 4.92. The van der Waals surface area contributed by atoms with Crippen molar-refractivity contribution in [3.8, 4) is 11.3 Å². The van der Waals surface area contributed by atoms with Gasteiger partial charge in [0.25, 0.3) is 0 Å². The molecule has 41 heavy (non-hydrogen) atoms. The van der Waals surface area contributed by atoms with Gasteiger partial charge in [-0.3, -0.25) is 15.2 Å². The van der Waals surface area contributed by atoms with Gasteiger partial charge in [-0.2, -0.15) is 10.1 Å². The molecule has 3 heterocycles. The zero-order valence-corrected chi connectivity index (χ0v) is 24.0. The number of H-pyrrole nitrogens is 1. The number of rotatable bonds is 6. The van der Waals surface area contributed by atoms with Crippen molar-refractivity contribution < 1.29 is 14.3 Å². The highest BCUT2D eigenvalue weighted by molar-refractivity contribution is 5.98. The molecule has 2 unspecified atom stereocenters. The van der Waals surface area contributed by atoms with E-state index in [0.29, 0.717) is 18.3 Å². The molecular formula is C30H36N8O3. The number of anilines is 4. The van der Waals surface area contributed by atoms with Gasteiger partial charge in [0.1, 0.15) is 11.4 Å². The first-order valence-electron chi connectivity index (χ1n) is 13.8. The predicted octanol–water partition coefficient (Wildman–Crippen LogP) is 5.65. The van der Waals surface area contributed by atoms with Crippen molar-refractivity contribution in [2.24, 2.45) is 5.92 Å². The van der Waals surface area contributed by atoms with Crippen LogP contribution in [0.3, 0.4) is 0 Å². The first kappa shape index (κ1) is 27.9. The second-order valence-corrected chi connectivity index (χ2v) is 11.3. The second-order valence-electron chi connectivity index (χ2n) is 11.3. The minimum atomic E-state index is -0.614. The van der Waals surface area contributed by atoms with Crippen LogP contribution in [0.15, 0.2) is 54.6 Å². The number of carbonyl (C=O) groups is 2. The molecule has 1 saturated heterocycles. The molecule has 0 bridgehead atoms. The Hall–Kier alpha value is -4.67. The highest BCUT2D eigenvalue weighted by Gasteiger charge is 2.31. The van der Waals surface area contributed by atoms with Crippen LogP contribution < -0.4 is 20.9 Å². The lowest BCUT2D eigenvalue weighted by atomic mass is 9.92. The third-order valence-electron chi connectivity index (χ3n) is 7.00. The van der Waals surface area contributed by atoms with Gasteiger partial charge in [0, 0.05) is 42.3 Å². The lowest BCUT2D eigenvalue weighted by Crippen LogP contribution is -2.46. The first-order chi connectivity index (χ1) is 19.6. The minimum Gasteiger partial charge on any atom is -0.444 e. The molecule has 0 spiro atoms. The Morgan fingerprint density at radius 1 is 1.02 bits per heavy atom. The summed E-state index contributed by atoms with van der Waals surface area (Å²) in [6.07, 6.45) is 1.11. The quantitative estimate of drug-likeness (QED) is 0.239. The van der Waals surface area contributed by atoms with E-state index in [9.17, 15) is 9.59 Å². The number of nitrogens with one attached hydrogen (secondary N) is 4. The van der Waals surface area contributed by atoms with Crippen LogP contribution in [0.1, 0.15) is 40.5 Å². The number of amides is 2. The summed E-state index contributed by atoms with van der Waals surface area (Å²) < 4.78 is 5.35. The lowest BCUT2D eigenvalue weighted by molar-refractivity contribution is -0.120. The summed E-state index contributed by atoms with van der Waals surface area (Å²) in [5, 5.41) is 16.8. The maximum Gasteiger partial charge on any atom is 0.413 e. The van der Waals surface area contributed by atoms with Crippen LogP contribution in [0.2, 0.25) is 0 Å². The molecule has 4 aromatic rings. The average molecular weight is 557 g/mol. The number of para-hydroxylation sites is 1. The number of hydrogen-bond acceptors (Lipinski definition) is 8. The third-order valence-corrected chi connectivity index (χ3v) is 7.00. The van der Waals surface area contributed by atoms with Gasteiger partial charge in [-0.1, -0.05) is 24.3 Å². The van der Waals surface area contributed by atoms with E-state index < -0.39 is 11.7 Å². The molecule has 1 fully saturated rings.